The van der Waals surface area contributed by atoms with E-state index in [1.807, 2.05) is 20.8 Å². The van der Waals surface area contributed by atoms with Crippen LogP contribution in [-0.4, -0.2) is 29.4 Å². The first kappa shape index (κ1) is 16.6. The Morgan fingerprint density at radius 1 is 1.40 bits per heavy atom. The molecule has 0 unspecified atom stereocenters. The molecule has 0 bridgehead atoms. The van der Waals surface area contributed by atoms with Crippen molar-refractivity contribution in [3.63, 3.8) is 0 Å². The number of halogens is 1. The van der Waals surface area contributed by atoms with Crippen LogP contribution in [0.3, 0.4) is 0 Å². The fourth-order valence-electron chi connectivity index (χ4n) is 1.32. The fourth-order valence-corrected chi connectivity index (χ4v) is 1.86. The standard InChI is InChI=1S/C13H19BrN2O4/c1-13(2,3)15-12(18)20-6-5-19-10-7-11(17)16(4)8-9(10)14/h7-8H,5-6H2,1-4H3,(H,15,18). The first-order valence-corrected chi connectivity index (χ1v) is 6.92. The maximum atomic E-state index is 11.5. The SMILES string of the molecule is Cn1cc(Br)c(OCCOC(=O)NC(C)(C)C)cc1=O. The number of aromatic nitrogens is 1. The average molecular weight is 347 g/mol. The summed E-state index contributed by atoms with van der Waals surface area (Å²) in [6, 6.07) is 1.37. The Balaban J connectivity index is 2.40. The molecule has 1 rings (SSSR count). The molecule has 20 heavy (non-hydrogen) atoms. The largest absolute Gasteiger partial charge is 0.489 e. The molecule has 0 radical (unpaired) electrons. The minimum absolute atomic E-state index is 0.101. The van der Waals surface area contributed by atoms with Crippen LogP contribution in [0.5, 0.6) is 5.75 Å². The molecule has 0 aliphatic rings. The number of alkyl carbamates (subject to hydrolysis) is 1. The molecule has 1 aromatic heterocycles. The molecule has 1 heterocycles. The second kappa shape index (κ2) is 6.78. The van der Waals surface area contributed by atoms with Gasteiger partial charge in [0.2, 0.25) is 0 Å². The maximum Gasteiger partial charge on any atom is 0.407 e. The van der Waals surface area contributed by atoms with Crippen molar-refractivity contribution in [1.82, 2.24) is 9.88 Å². The van der Waals surface area contributed by atoms with Crippen molar-refractivity contribution in [2.45, 2.75) is 26.3 Å². The van der Waals surface area contributed by atoms with Crippen molar-refractivity contribution in [3.05, 3.63) is 27.1 Å². The van der Waals surface area contributed by atoms with Crippen LogP contribution in [0.1, 0.15) is 20.8 Å². The van der Waals surface area contributed by atoms with Gasteiger partial charge in [-0.15, -0.1) is 0 Å². The number of nitrogens with zero attached hydrogens (tertiary/aromatic N) is 1. The molecule has 0 atom stereocenters. The number of rotatable bonds is 4. The van der Waals surface area contributed by atoms with Gasteiger partial charge in [0.1, 0.15) is 19.0 Å². The Hall–Kier alpha value is -1.50. The first-order chi connectivity index (χ1) is 9.19. The van der Waals surface area contributed by atoms with Crippen molar-refractivity contribution >= 4 is 22.0 Å². The van der Waals surface area contributed by atoms with Gasteiger partial charge in [-0.2, -0.15) is 0 Å². The zero-order chi connectivity index (χ0) is 15.3. The molecule has 0 fully saturated rings. The number of pyridine rings is 1. The summed E-state index contributed by atoms with van der Waals surface area (Å²) in [6.45, 7) is 5.86. The summed E-state index contributed by atoms with van der Waals surface area (Å²) in [5.41, 5.74) is -0.512. The second-order valence-corrected chi connectivity index (χ2v) is 6.15. The number of hydrogen-bond acceptors (Lipinski definition) is 4. The molecule has 0 saturated carbocycles. The minimum Gasteiger partial charge on any atom is -0.489 e. The van der Waals surface area contributed by atoms with Crippen LogP contribution in [0.15, 0.2) is 21.5 Å². The number of ether oxygens (including phenoxy) is 2. The first-order valence-electron chi connectivity index (χ1n) is 6.13. The van der Waals surface area contributed by atoms with Crippen LogP contribution >= 0.6 is 15.9 Å². The van der Waals surface area contributed by atoms with Gasteiger partial charge in [0.05, 0.1) is 4.47 Å². The van der Waals surface area contributed by atoms with Gasteiger partial charge in [-0.25, -0.2) is 4.79 Å². The van der Waals surface area contributed by atoms with E-state index in [9.17, 15) is 9.59 Å². The Morgan fingerprint density at radius 3 is 2.65 bits per heavy atom. The van der Waals surface area contributed by atoms with Crippen molar-refractivity contribution in [1.29, 1.82) is 0 Å². The highest BCUT2D eigenvalue weighted by atomic mass is 79.9. The van der Waals surface area contributed by atoms with Crippen LogP contribution in [0.25, 0.3) is 0 Å². The number of carbonyl (C=O) groups is 1. The number of hydrogen-bond donors (Lipinski definition) is 1. The van der Waals surface area contributed by atoms with Crippen molar-refractivity contribution < 1.29 is 14.3 Å². The summed E-state index contributed by atoms with van der Waals surface area (Å²) in [5, 5.41) is 2.67. The van der Waals surface area contributed by atoms with E-state index in [0.29, 0.717) is 10.2 Å². The van der Waals surface area contributed by atoms with Crippen molar-refractivity contribution in [2.75, 3.05) is 13.2 Å². The van der Waals surface area contributed by atoms with Crippen LogP contribution in [0, 0.1) is 0 Å². The van der Waals surface area contributed by atoms with Gasteiger partial charge in [-0.3, -0.25) is 4.79 Å². The molecule has 0 saturated heterocycles. The predicted molar refractivity (Wildman–Crippen MR) is 79.1 cm³/mol. The lowest BCUT2D eigenvalue weighted by Crippen LogP contribution is -2.41. The highest BCUT2D eigenvalue weighted by Crippen LogP contribution is 2.21. The molecule has 0 aliphatic carbocycles. The molecule has 0 spiro atoms. The fraction of sp³-hybridized carbons (Fsp3) is 0.538. The van der Waals surface area contributed by atoms with E-state index in [1.54, 1.807) is 13.2 Å². The molecule has 1 amide bonds. The highest BCUT2D eigenvalue weighted by Gasteiger charge is 2.14. The Bertz CT molecular complexity index is 534. The third-order valence-electron chi connectivity index (χ3n) is 2.20. The summed E-state index contributed by atoms with van der Waals surface area (Å²) in [5.74, 6) is 0.424. The van der Waals surface area contributed by atoms with E-state index in [4.69, 9.17) is 9.47 Å². The summed E-state index contributed by atoms with van der Waals surface area (Å²) in [4.78, 5) is 22.8. The van der Waals surface area contributed by atoms with E-state index < -0.39 is 6.09 Å². The highest BCUT2D eigenvalue weighted by molar-refractivity contribution is 9.10. The van der Waals surface area contributed by atoms with Crippen LogP contribution in [0.2, 0.25) is 0 Å². The lowest BCUT2D eigenvalue weighted by molar-refractivity contribution is 0.118. The maximum absolute atomic E-state index is 11.5. The molecule has 6 nitrogen and oxygen atoms in total. The van der Waals surface area contributed by atoms with E-state index in [2.05, 4.69) is 21.2 Å². The molecule has 1 aromatic rings. The molecule has 1 N–H and O–H groups in total. The Labute approximate surface area is 126 Å². The monoisotopic (exact) mass is 346 g/mol. The van der Waals surface area contributed by atoms with Gasteiger partial charge >= 0.3 is 6.09 Å². The Morgan fingerprint density at radius 2 is 2.05 bits per heavy atom. The summed E-state index contributed by atoms with van der Waals surface area (Å²) < 4.78 is 12.4. The minimum atomic E-state index is -0.496. The molecule has 7 heteroatoms. The van der Waals surface area contributed by atoms with Crippen LogP contribution in [0.4, 0.5) is 4.79 Å². The van der Waals surface area contributed by atoms with Gasteiger partial charge in [-0.1, -0.05) is 0 Å². The zero-order valence-corrected chi connectivity index (χ0v) is 13.6. The molecule has 0 aromatic carbocycles. The number of carbonyl (C=O) groups excluding carboxylic acids is 1. The van der Waals surface area contributed by atoms with Crippen molar-refractivity contribution in [3.8, 4) is 5.75 Å². The van der Waals surface area contributed by atoms with Gasteiger partial charge in [0, 0.05) is 24.8 Å². The lowest BCUT2D eigenvalue weighted by Gasteiger charge is -2.20. The van der Waals surface area contributed by atoms with Gasteiger partial charge in [0.25, 0.3) is 5.56 Å². The summed E-state index contributed by atoms with van der Waals surface area (Å²) in [7, 11) is 1.65. The second-order valence-electron chi connectivity index (χ2n) is 5.29. The number of nitrogens with one attached hydrogen (secondary N) is 1. The van der Waals surface area contributed by atoms with E-state index in [1.165, 1.54) is 10.6 Å². The third kappa shape index (κ3) is 5.64. The van der Waals surface area contributed by atoms with Crippen LogP contribution < -0.4 is 15.6 Å². The van der Waals surface area contributed by atoms with E-state index in [0.717, 1.165) is 0 Å². The van der Waals surface area contributed by atoms with E-state index >= 15 is 0 Å². The van der Waals surface area contributed by atoms with Crippen molar-refractivity contribution in [2.24, 2.45) is 7.05 Å². The number of amides is 1. The normalized spacial score (nSPS) is 11.1. The van der Waals surface area contributed by atoms with Crippen LogP contribution in [-0.2, 0) is 11.8 Å². The van der Waals surface area contributed by atoms with Gasteiger partial charge in [-0.05, 0) is 36.7 Å². The summed E-state index contributed by atoms with van der Waals surface area (Å²) in [6.07, 6.45) is 1.12. The smallest absolute Gasteiger partial charge is 0.407 e. The molecule has 0 aliphatic heterocycles. The predicted octanol–water partition coefficient (Wildman–Crippen LogP) is 2.05. The van der Waals surface area contributed by atoms with E-state index in [-0.39, 0.29) is 24.3 Å². The lowest BCUT2D eigenvalue weighted by atomic mass is 10.1. The topological polar surface area (TPSA) is 69.6 Å². The van der Waals surface area contributed by atoms with Gasteiger partial charge in [0.15, 0.2) is 0 Å². The molecule has 112 valence electrons. The Kier molecular flexibility index (Phi) is 5.62. The summed E-state index contributed by atoms with van der Waals surface area (Å²) >= 11 is 3.30. The number of aryl methyl sites for hydroxylation is 1. The molecular formula is C13H19BrN2O4. The molecular weight excluding hydrogens is 328 g/mol. The van der Waals surface area contributed by atoms with Gasteiger partial charge < -0.3 is 19.4 Å². The quantitative estimate of drug-likeness (QED) is 0.847. The zero-order valence-electron chi connectivity index (χ0n) is 12.0. The average Bonchev–Trinajstić information content (AvgIpc) is 2.28. The third-order valence-corrected chi connectivity index (χ3v) is 2.79.